The molecule has 0 bridgehead atoms. The van der Waals surface area contributed by atoms with Crippen molar-refractivity contribution in [3.05, 3.63) is 35.9 Å². The van der Waals surface area contributed by atoms with Gasteiger partial charge in [-0.25, -0.2) is 4.79 Å². The lowest BCUT2D eigenvalue weighted by Crippen LogP contribution is -2.57. The molecular weight excluding hydrogens is 462 g/mol. The summed E-state index contributed by atoms with van der Waals surface area (Å²) in [5.41, 5.74) is 17.2. The zero-order valence-electron chi connectivity index (χ0n) is 18.9. The second-order valence-electron chi connectivity index (χ2n) is 7.62. The predicted octanol–water partition coefficient (Wildman–Crippen LogP) is -1.90. The summed E-state index contributed by atoms with van der Waals surface area (Å²) in [5, 5.41) is 16.7. The number of carboxylic acids is 1. The van der Waals surface area contributed by atoms with Crippen molar-refractivity contribution < 1.29 is 24.3 Å². The molecule has 0 heterocycles. The molecule has 10 N–H and O–H groups in total. The molecule has 1 aromatic carbocycles. The number of aliphatic carboxylic acids is 1. The van der Waals surface area contributed by atoms with Gasteiger partial charge in [-0.15, -0.1) is 0 Å². The highest BCUT2D eigenvalue weighted by Crippen LogP contribution is 2.03. The molecule has 4 atom stereocenters. The molecule has 0 saturated carbocycles. The number of rotatable bonds is 14. The smallest absolute Gasteiger partial charge is 0.326 e. The van der Waals surface area contributed by atoms with E-state index in [-0.39, 0.29) is 31.1 Å². The zero-order chi connectivity index (χ0) is 25.7. The molecule has 13 heteroatoms. The Balaban J connectivity index is 2.59. The number of nitrogens with one attached hydrogen (secondary N) is 3. The summed E-state index contributed by atoms with van der Waals surface area (Å²) in [6.45, 7) is 1.61. The van der Waals surface area contributed by atoms with E-state index in [1.54, 1.807) is 0 Å². The summed E-state index contributed by atoms with van der Waals surface area (Å²) >= 11 is 4.09. The first-order valence-electron chi connectivity index (χ1n) is 10.6. The van der Waals surface area contributed by atoms with E-state index in [4.69, 9.17) is 17.2 Å². The number of aliphatic imine (C=N–C) groups is 1. The van der Waals surface area contributed by atoms with E-state index in [1.165, 1.54) is 6.92 Å². The highest BCUT2D eigenvalue weighted by Gasteiger charge is 2.27. The molecule has 4 unspecified atom stereocenters. The number of carbonyl (C=O) groups excluding carboxylic acids is 3. The molecule has 1 rings (SSSR count). The molecule has 3 amide bonds. The van der Waals surface area contributed by atoms with Crippen LogP contribution in [0.1, 0.15) is 25.3 Å². The van der Waals surface area contributed by atoms with E-state index in [0.29, 0.717) is 6.42 Å². The lowest BCUT2D eigenvalue weighted by Gasteiger charge is -2.22. The lowest BCUT2D eigenvalue weighted by atomic mass is 10.1. The van der Waals surface area contributed by atoms with Crippen LogP contribution in [0.5, 0.6) is 0 Å². The second-order valence-corrected chi connectivity index (χ2v) is 7.98. The van der Waals surface area contributed by atoms with Crippen LogP contribution in [-0.2, 0) is 25.6 Å². The molecule has 0 aliphatic rings. The number of guanidine groups is 1. The molecular formula is C21H33N7O5S. The molecule has 188 valence electrons. The highest BCUT2D eigenvalue weighted by atomic mass is 32.1. The summed E-state index contributed by atoms with van der Waals surface area (Å²) in [4.78, 5) is 52.5. The summed E-state index contributed by atoms with van der Waals surface area (Å²) in [6, 6.07) is 5.00. The van der Waals surface area contributed by atoms with Gasteiger partial charge in [0.15, 0.2) is 5.96 Å². The van der Waals surface area contributed by atoms with E-state index in [9.17, 15) is 24.3 Å². The van der Waals surface area contributed by atoms with Crippen LogP contribution in [0.2, 0.25) is 0 Å². The summed E-state index contributed by atoms with van der Waals surface area (Å²) in [5.74, 6) is -3.28. The molecule has 0 radical (unpaired) electrons. The van der Waals surface area contributed by atoms with Crippen molar-refractivity contribution in [1.82, 2.24) is 16.0 Å². The van der Waals surface area contributed by atoms with Gasteiger partial charge in [-0.3, -0.25) is 19.4 Å². The Labute approximate surface area is 203 Å². The number of hydrogen-bond acceptors (Lipinski definition) is 7. The number of nitrogens with zero attached hydrogens (tertiary/aromatic N) is 1. The number of carbonyl (C=O) groups is 4. The van der Waals surface area contributed by atoms with E-state index < -0.39 is 47.9 Å². The second kappa shape index (κ2) is 14.8. The van der Waals surface area contributed by atoms with Gasteiger partial charge in [-0.1, -0.05) is 30.3 Å². The molecule has 34 heavy (non-hydrogen) atoms. The molecule has 0 fully saturated rings. The Kier molecular flexibility index (Phi) is 12.5. The van der Waals surface area contributed by atoms with Crippen molar-refractivity contribution in [2.75, 3.05) is 12.3 Å². The minimum atomic E-state index is -1.23. The lowest BCUT2D eigenvalue weighted by molar-refractivity contribution is -0.142. The number of benzene rings is 1. The van der Waals surface area contributed by atoms with Gasteiger partial charge in [0.05, 0.1) is 6.04 Å². The van der Waals surface area contributed by atoms with Crippen molar-refractivity contribution in [1.29, 1.82) is 0 Å². The Morgan fingerprint density at radius 2 is 1.62 bits per heavy atom. The standard InChI is InChI=1S/C21H33N7O5S/c1-12(17(29)27-15(20(32)33)8-5-9-25-21(23)24)26-19(31)16(11-34)28-18(30)14(22)10-13-6-3-2-4-7-13/h2-4,6-7,12,14-16,34H,5,8-11,22H2,1H3,(H,26,31)(H,27,29)(H,28,30)(H,32,33)(H4,23,24,25). The molecule has 0 saturated heterocycles. The number of thiol groups is 1. The third-order valence-electron chi connectivity index (χ3n) is 4.76. The van der Waals surface area contributed by atoms with Gasteiger partial charge in [0, 0.05) is 12.3 Å². The van der Waals surface area contributed by atoms with Gasteiger partial charge < -0.3 is 38.3 Å². The van der Waals surface area contributed by atoms with Gasteiger partial charge in [-0.2, -0.15) is 12.6 Å². The Morgan fingerprint density at radius 3 is 2.18 bits per heavy atom. The van der Waals surface area contributed by atoms with Crippen LogP contribution in [0.25, 0.3) is 0 Å². The SMILES string of the molecule is CC(NC(=O)C(CS)NC(=O)C(N)Cc1ccccc1)C(=O)NC(CCCN=C(N)N)C(=O)O. The van der Waals surface area contributed by atoms with Crippen LogP contribution in [0, 0.1) is 0 Å². The summed E-state index contributed by atoms with van der Waals surface area (Å²) < 4.78 is 0. The third kappa shape index (κ3) is 10.5. The maximum absolute atomic E-state index is 12.5. The van der Waals surface area contributed by atoms with Crippen LogP contribution in [0.4, 0.5) is 0 Å². The number of amides is 3. The minimum Gasteiger partial charge on any atom is -0.480 e. The van der Waals surface area contributed by atoms with Crippen LogP contribution in [-0.4, -0.2) is 71.2 Å². The van der Waals surface area contributed by atoms with Gasteiger partial charge in [0.2, 0.25) is 17.7 Å². The summed E-state index contributed by atoms with van der Waals surface area (Å²) in [7, 11) is 0. The van der Waals surface area contributed by atoms with Gasteiger partial charge >= 0.3 is 5.97 Å². The topological polar surface area (TPSA) is 215 Å². The van der Waals surface area contributed by atoms with Crippen molar-refractivity contribution in [2.24, 2.45) is 22.2 Å². The maximum atomic E-state index is 12.5. The van der Waals surface area contributed by atoms with Crippen molar-refractivity contribution >= 4 is 42.3 Å². The Hall–Kier alpha value is -3.32. The first kappa shape index (κ1) is 28.7. The van der Waals surface area contributed by atoms with Gasteiger partial charge in [0.1, 0.15) is 18.1 Å². The summed E-state index contributed by atoms with van der Waals surface area (Å²) in [6.07, 6.45) is 0.701. The third-order valence-corrected chi connectivity index (χ3v) is 5.13. The molecule has 0 spiro atoms. The van der Waals surface area contributed by atoms with Crippen molar-refractivity contribution in [3.63, 3.8) is 0 Å². The van der Waals surface area contributed by atoms with E-state index >= 15 is 0 Å². The first-order chi connectivity index (χ1) is 16.0. The molecule has 1 aromatic rings. The van der Waals surface area contributed by atoms with Crippen LogP contribution in [0.3, 0.4) is 0 Å². The predicted molar refractivity (Wildman–Crippen MR) is 131 cm³/mol. The minimum absolute atomic E-state index is 0.0352. The Bertz CT molecular complexity index is 864. The van der Waals surface area contributed by atoms with Crippen molar-refractivity contribution in [3.8, 4) is 0 Å². The maximum Gasteiger partial charge on any atom is 0.326 e. The molecule has 0 aromatic heterocycles. The number of hydrogen-bond donors (Lipinski definition) is 8. The average molecular weight is 496 g/mol. The monoisotopic (exact) mass is 495 g/mol. The van der Waals surface area contributed by atoms with E-state index in [1.807, 2.05) is 30.3 Å². The zero-order valence-corrected chi connectivity index (χ0v) is 19.8. The fourth-order valence-electron chi connectivity index (χ4n) is 2.87. The normalized spacial score (nSPS) is 14.1. The van der Waals surface area contributed by atoms with Crippen LogP contribution < -0.4 is 33.2 Å². The van der Waals surface area contributed by atoms with E-state index in [0.717, 1.165) is 5.56 Å². The largest absolute Gasteiger partial charge is 0.480 e. The average Bonchev–Trinajstić information content (AvgIpc) is 2.79. The fraction of sp³-hybridized carbons (Fsp3) is 0.476. The highest BCUT2D eigenvalue weighted by molar-refractivity contribution is 7.80. The van der Waals surface area contributed by atoms with Crippen LogP contribution >= 0.6 is 12.6 Å². The first-order valence-corrected chi connectivity index (χ1v) is 11.3. The Morgan fingerprint density at radius 1 is 1.00 bits per heavy atom. The fourth-order valence-corrected chi connectivity index (χ4v) is 3.13. The number of carboxylic acid groups (broad SMARTS) is 1. The quantitative estimate of drug-likeness (QED) is 0.0629. The van der Waals surface area contributed by atoms with Crippen molar-refractivity contribution in [2.45, 2.75) is 50.4 Å². The molecule has 12 nitrogen and oxygen atoms in total. The number of nitrogens with two attached hydrogens (primary N) is 3. The van der Waals surface area contributed by atoms with Gasteiger partial charge in [0.25, 0.3) is 0 Å². The van der Waals surface area contributed by atoms with Gasteiger partial charge in [-0.05, 0) is 31.7 Å². The molecule has 0 aliphatic heterocycles. The molecule has 0 aliphatic carbocycles. The van der Waals surface area contributed by atoms with E-state index in [2.05, 4.69) is 33.6 Å². The van der Waals surface area contributed by atoms with Crippen LogP contribution in [0.15, 0.2) is 35.3 Å².